The van der Waals surface area contributed by atoms with Crippen LogP contribution in [0.4, 0.5) is 4.79 Å². The Balaban J connectivity index is 3.17. The van der Waals surface area contributed by atoms with Crippen molar-refractivity contribution >= 4 is 6.09 Å². The van der Waals surface area contributed by atoms with Crippen LogP contribution in [0.25, 0.3) is 0 Å². The maximum atomic E-state index is 9.84. The molecule has 0 atom stereocenters. The Morgan fingerprint density at radius 3 is 2.71 bits per heavy atom. The third kappa shape index (κ3) is 2.88. The molecule has 4 nitrogen and oxygen atoms in total. The molecule has 0 aliphatic heterocycles. The molecule has 0 saturated carbocycles. The highest BCUT2D eigenvalue weighted by Crippen LogP contribution is 1.78. The zero-order valence-electron chi connectivity index (χ0n) is 3.97. The van der Waals surface area contributed by atoms with Crippen molar-refractivity contribution in [2.75, 3.05) is 6.61 Å². The van der Waals surface area contributed by atoms with Crippen LogP contribution in [0.5, 0.6) is 0 Å². The van der Waals surface area contributed by atoms with E-state index in [1.165, 1.54) is 0 Å². The number of nitrogens with one attached hydrogen (secondary N) is 1. The van der Waals surface area contributed by atoms with E-state index >= 15 is 0 Å². The van der Waals surface area contributed by atoms with Gasteiger partial charge in [0.1, 0.15) is 0 Å². The Bertz CT molecular complexity index is 81.0. The number of hydrogen-bond acceptors (Lipinski definition) is 3. The molecule has 7 heavy (non-hydrogen) atoms. The van der Waals surface area contributed by atoms with Crippen molar-refractivity contribution in [3.63, 3.8) is 0 Å². The minimum atomic E-state index is -0.831. The number of amides is 1. The molecule has 40 valence electrons. The van der Waals surface area contributed by atoms with E-state index in [0.717, 1.165) is 0 Å². The standard InChI is InChI=1S/C3H6N2O2/c1-2-7-3(6)5-4/h4H,2H2,1H3. The zero-order chi connectivity index (χ0) is 5.70. The fraction of sp³-hybridized carbons (Fsp3) is 0.667. The molecular weight excluding hydrogens is 96.0 g/mol. The van der Waals surface area contributed by atoms with Gasteiger partial charge in [-0.1, -0.05) is 5.11 Å². The lowest BCUT2D eigenvalue weighted by molar-refractivity contribution is 0.161. The molecule has 0 aromatic carbocycles. The van der Waals surface area contributed by atoms with Gasteiger partial charge in [-0.2, -0.15) is 5.53 Å². The van der Waals surface area contributed by atoms with E-state index in [1.54, 1.807) is 6.92 Å². The van der Waals surface area contributed by atoms with Gasteiger partial charge >= 0.3 is 6.09 Å². The summed E-state index contributed by atoms with van der Waals surface area (Å²) in [5.74, 6) is 0. The van der Waals surface area contributed by atoms with Crippen LogP contribution in [0, 0.1) is 5.53 Å². The maximum Gasteiger partial charge on any atom is 0.451 e. The first-order chi connectivity index (χ1) is 3.31. The van der Waals surface area contributed by atoms with Crippen LogP contribution in [0.2, 0.25) is 0 Å². The van der Waals surface area contributed by atoms with Crippen molar-refractivity contribution in [3.05, 3.63) is 0 Å². The monoisotopic (exact) mass is 102 g/mol. The topological polar surface area (TPSA) is 62.5 Å². The molecule has 1 amide bonds. The summed E-state index contributed by atoms with van der Waals surface area (Å²) in [6.07, 6.45) is -0.831. The highest BCUT2D eigenvalue weighted by atomic mass is 16.5. The molecule has 0 fully saturated rings. The van der Waals surface area contributed by atoms with Crippen LogP contribution >= 0.6 is 0 Å². The number of nitrogens with zero attached hydrogens (tertiary/aromatic N) is 1. The van der Waals surface area contributed by atoms with E-state index in [4.69, 9.17) is 5.53 Å². The lowest BCUT2D eigenvalue weighted by Crippen LogP contribution is -1.94. The van der Waals surface area contributed by atoms with E-state index in [-0.39, 0.29) is 6.61 Å². The molecule has 0 spiro atoms. The van der Waals surface area contributed by atoms with Crippen molar-refractivity contribution in [1.82, 2.24) is 0 Å². The minimum absolute atomic E-state index is 0.279. The highest BCUT2D eigenvalue weighted by molar-refractivity contribution is 5.66. The second-order valence-corrected chi connectivity index (χ2v) is 0.811. The summed E-state index contributed by atoms with van der Waals surface area (Å²) in [7, 11) is 0. The molecular formula is C3H6N2O2. The first-order valence-corrected chi connectivity index (χ1v) is 1.85. The molecule has 0 aliphatic carbocycles. The Kier molecular flexibility index (Phi) is 2.83. The van der Waals surface area contributed by atoms with Gasteiger partial charge in [-0.25, -0.2) is 4.79 Å². The SMILES string of the molecule is CCOC(=O)N=N. The summed E-state index contributed by atoms with van der Waals surface area (Å²) < 4.78 is 4.20. The number of rotatable bonds is 1. The van der Waals surface area contributed by atoms with Crippen molar-refractivity contribution in [1.29, 1.82) is 5.53 Å². The van der Waals surface area contributed by atoms with Gasteiger partial charge in [0, 0.05) is 0 Å². The Hall–Kier alpha value is -0.930. The third-order valence-corrected chi connectivity index (χ3v) is 0.359. The van der Waals surface area contributed by atoms with Gasteiger partial charge in [0.15, 0.2) is 0 Å². The Labute approximate surface area is 41.0 Å². The normalized spacial score (nSPS) is 7.57. The minimum Gasteiger partial charge on any atom is -0.447 e. The molecule has 4 heteroatoms. The molecule has 0 aromatic heterocycles. The average Bonchev–Trinajstić information content (AvgIpc) is 1.68. The lowest BCUT2D eigenvalue weighted by atomic mass is 10.9. The summed E-state index contributed by atoms with van der Waals surface area (Å²) in [4.78, 5) is 9.84. The van der Waals surface area contributed by atoms with Gasteiger partial charge in [0.05, 0.1) is 6.61 Å². The van der Waals surface area contributed by atoms with Gasteiger partial charge in [0.2, 0.25) is 0 Å². The third-order valence-electron chi connectivity index (χ3n) is 0.359. The maximum absolute atomic E-state index is 9.84. The fourth-order valence-electron chi connectivity index (χ4n) is 0.156. The van der Waals surface area contributed by atoms with Gasteiger partial charge in [-0.3, -0.25) is 0 Å². The van der Waals surface area contributed by atoms with E-state index in [1.807, 2.05) is 0 Å². The van der Waals surface area contributed by atoms with Crippen LogP contribution in [-0.4, -0.2) is 12.7 Å². The van der Waals surface area contributed by atoms with Crippen LogP contribution in [-0.2, 0) is 4.74 Å². The summed E-state index contributed by atoms with van der Waals surface area (Å²) in [5, 5.41) is 2.47. The van der Waals surface area contributed by atoms with Crippen LogP contribution < -0.4 is 0 Å². The molecule has 0 heterocycles. The van der Waals surface area contributed by atoms with Gasteiger partial charge in [-0.05, 0) is 6.92 Å². The largest absolute Gasteiger partial charge is 0.451 e. The summed E-state index contributed by atoms with van der Waals surface area (Å²) in [6.45, 7) is 1.93. The first kappa shape index (κ1) is 6.07. The van der Waals surface area contributed by atoms with Crippen LogP contribution in [0.15, 0.2) is 5.11 Å². The fourth-order valence-corrected chi connectivity index (χ4v) is 0.156. The summed E-state index contributed by atoms with van der Waals surface area (Å²) in [5.41, 5.74) is 6.06. The van der Waals surface area contributed by atoms with E-state index in [9.17, 15) is 4.79 Å². The number of hydrogen-bond donors (Lipinski definition) is 1. The molecule has 0 aromatic rings. The number of carbonyl (C=O) groups excluding carboxylic acids is 1. The lowest BCUT2D eigenvalue weighted by Gasteiger charge is -1.88. The molecule has 0 unspecified atom stereocenters. The Morgan fingerprint density at radius 1 is 2.00 bits per heavy atom. The van der Waals surface area contributed by atoms with Crippen LogP contribution in [0.1, 0.15) is 6.92 Å². The second kappa shape index (κ2) is 3.27. The first-order valence-electron chi connectivity index (χ1n) is 1.85. The van der Waals surface area contributed by atoms with E-state index in [2.05, 4.69) is 9.85 Å². The van der Waals surface area contributed by atoms with Crippen LogP contribution in [0.3, 0.4) is 0 Å². The Morgan fingerprint density at radius 2 is 2.57 bits per heavy atom. The molecule has 0 radical (unpaired) electrons. The molecule has 0 rings (SSSR count). The predicted octanol–water partition coefficient (Wildman–Crippen LogP) is 1.17. The molecule has 0 aliphatic rings. The van der Waals surface area contributed by atoms with E-state index in [0.29, 0.717) is 0 Å². The van der Waals surface area contributed by atoms with E-state index < -0.39 is 6.09 Å². The van der Waals surface area contributed by atoms with Gasteiger partial charge < -0.3 is 4.74 Å². The number of ether oxygens (including phenoxy) is 1. The highest BCUT2D eigenvalue weighted by Gasteiger charge is 1.90. The van der Waals surface area contributed by atoms with Crippen molar-refractivity contribution < 1.29 is 9.53 Å². The second-order valence-electron chi connectivity index (χ2n) is 0.811. The summed E-state index contributed by atoms with van der Waals surface area (Å²) in [6, 6.07) is 0. The summed E-state index contributed by atoms with van der Waals surface area (Å²) >= 11 is 0. The smallest absolute Gasteiger partial charge is 0.447 e. The van der Waals surface area contributed by atoms with Gasteiger partial charge in [-0.15, -0.1) is 0 Å². The van der Waals surface area contributed by atoms with Crippen molar-refractivity contribution in [2.24, 2.45) is 5.11 Å². The quantitative estimate of drug-likeness (QED) is 0.505. The zero-order valence-corrected chi connectivity index (χ0v) is 3.97. The number of carbonyl (C=O) groups is 1. The van der Waals surface area contributed by atoms with Crippen molar-refractivity contribution in [2.45, 2.75) is 6.92 Å². The molecule has 0 bridgehead atoms. The predicted molar refractivity (Wildman–Crippen MR) is 22.2 cm³/mol. The molecule has 0 saturated heterocycles. The molecule has 1 N–H and O–H groups in total. The average molecular weight is 102 g/mol. The van der Waals surface area contributed by atoms with Crippen molar-refractivity contribution in [3.8, 4) is 0 Å². The van der Waals surface area contributed by atoms with Gasteiger partial charge in [0.25, 0.3) is 0 Å².